The van der Waals surface area contributed by atoms with Crippen molar-refractivity contribution >= 4 is 39.1 Å². The first-order valence-corrected chi connectivity index (χ1v) is 6.81. The normalized spacial score (nSPS) is 10.2. The second kappa shape index (κ2) is 6.11. The number of hydrogen-bond donors (Lipinski definition) is 2. The first-order chi connectivity index (χ1) is 9.88. The van der Waals surface area contributed by atoms with Crippen molar-refractivity contribution in [2.24, 2.45) is 5.73 Å². The van der Waals surface area contributed by atoms with Crippen LogP contribution in [-0.2, 0) is 0 Å². The van der Waals surface area contributed by atoms with E-state index in [4.69, 9.17) is 27.5 Å². The molecule has 0 unspecified atom stereocenters. The Labute approximate surface area is 133 Å². The maximum atomic E-state index is 10.7. The van der Waals surface area contributed by atoms with Crippen LogP contribution in [0.1, 0.15) is 5.56 Å². The number of rotatable bonds is 4. The van der Waals surface area contributed by atoms with Crippen LogP contribution >= 0.6 is 27.5 Å². The van der Waals surface area contributed by atoms with Crippen LogP contribution in [0.2, 0.25) is 5.02 Å². The fourth-order valence-corrected chi connectivity index (χ4v) is 2.28. The Kier molecular flexibility index (Phi) is 4.44. The van der Waals surface area contributed by atoms with Gasteiger partial charge in [0.2, 0.25) is 0 Å². The highest BCUT2D eigenvalue weighted by molar-refractivity contribution is 9.10. The molecule has 3 N–H and O–H groups in total. The highest BCUT2D eigenvalue weighted by Gasteiger charge is 2.13. The van der Waals surface area contributed by atoms with Crippen LogP contribution in [0.4, 0.5) is 5.69 Å². The Morgan fingerprint density at radius 3 is 2.57 bits per heavy atom. The highest BCUT2D eigenvalue weighted by atomic mass is 79.9. The fraction of sp³-hybridized carbons (Fsp3) is 0. The molecule has 2 aromatic rings. The van der Waals surface area contributed by atoms with Gasteiger partial charge in [-0.05, 0) is 40.2 Å². The summed E-state index contributed by atoms with van der Waals surface area (Å²) in [6.07, 6.45) is 0. The molecular formula is C13H9BrClN3O3. The molecule has 108 valence electrons. The molecule has 0 fully saturated rings. The third-order valence-corrected chi connectivity index (χ3v) is 3.51. The van der Waals surface area contributed by atoms with Gasteiger partial charge < -0.3 is 10.5 Å². The molecule has 0 amide bonds. The van der Waals surface area contributed by atoms with Gasteiger partial charge >= 0.3 is 0 Å². The zero-order chi connectivity index (χ0) is 15.6. The van der Waals surface area contributed by atoms with Crippen LogP contribution in [0.5, 0.6) is 11.5 Å². The van der Waals surface area contributed by atoms with Crippen molar-refractivity contribution in [3.05, 3.63) is 61.6 Å². The Hall–Kier alpha value is -2.12. The van der Waals surface area contributed by atoms with Crippen LogP contribution in [0, 0.1) is 15.5 Å². The average Bonchev–Trinajstić information content (AvgIpc) is 2.40. The highest BCUT2D eigenvalue weighted by Crippen LogP contribution is 2.34. The molecule has 8 heteroatoms. The van der Waals surface area contributed by atoms with Gasteiger partial charge in [-0.15, -0.1) is 0 Å². The lowest BCUT2D eigenvalue weighted by molar-refractivity contribution is -0.384. The molecule has 21 heavy (non-hydrogen) atoms. The third kappa shape index (κ3) is 3.50. The molecule has 0 radical (unpaired) electrons. The van der Waals surface area contributed by atoms with Gasteiger partial charge in [0.05, 0.1) is 9.40 Å². The largest absolute Gasteiger partial charge is 0.456 e. The van der Waals surface area contributed by atoms with Gasteiger partial charge in [-0.1, -0.05) is 11.6 Å². The summed E-state index contributed by atoms with van der Waals surface area (Å²) in [4.78, 5) is 10.1. The van der Waals surface area contributed by atoms with Crippen molar-refractivity contribution in [1.29, 1.82) is 5.41 Å². The molecule has 0 aromatic heterocycles. The molecular weight excluding hydrogens is 362 g/mol. The summed E-state index contributed by atoms with van der Waals surface area (Å²) in [5.74, 6) is 0.785. The average molecular weight is 371 g/mol. The molecule has 0 saturated heterocycles. The molecule has 0 aliphatic rings. The molecule has 2 rings (SSSR count). The number of ether oxygens (including phenoxy) is 1. The van der Waals surface area contributed by atoms with E-state index in [-0.39, 0.29) is 16.5 Å². The summed E-state index contributed by atoms with van der Waals surface area (Å²) in [6, 6.07) is 9.01. The van der Waals surface area contributed by atoms with Crippen molar-refractivity contribution < 1.29 is 9.66 Å². The maximum Gasteiger partial charge on any atom is 0.288 e. The van der Waals surface area contributed by atoms with E-state index in [1.54, 1.807) is 18.2 Å². The van der Waals surface area contributed by atoms with Crippen molar-refractivity contribution in [1.82, 2.24) is 0 Å². The number of nitrogen functional groups attached to an aromatic ring is 1. The summed E-state index contributed by atoms with van der Waals surface area (Å²) in [5.41, 5.74) is 5.76. The Morgan fingerprint density at radius 2 is 2.05 bits per heavy atom. The van der Waals surface area contributed by atoms with Gasteiger partial charge in [0.25, 0.3) is 5.69 Å². The lowest BCUT2D eigenvalue weighted by atomic mass is 10.2. The van der Waals surface area contributed by atoms with Crippen molar-refractivity contribution in [2.45, 2.75) is 0 Å². The van der Waals surface area contributed by atoms with Crippen LogP contribution in [-0.4, -0.2) is 10.8 Å². The monoisotopic (exact) mass is 369 g/mol. The number of benzene rings is 2. The number of nitro groups is 1. The first kappa shape index (κ1) is 15.3. The topological polar surface area (TPSA) is 102 Å². The summed E-state index contributed by atoms with van der Waals surface area (Å²) in [5, 5.41) is 18.0. The number of hydrogen-bond acceptors (Lipinski definition) is 4. The lowest BCUT2D eigenvalue weighted by Gasteiger charge is -2.09. The molecule has 6 nitrogen and oxygen atoms in total. The SMILES string of the molecule is N=C(N)c1ccc(Oc2ccc([N+](=O)[O-])c(Cl)c2)c(Br)c1. The minimum atomic E-state index is -0.566. The number of amidine groups is 1. The van der Waals surface area contributed by atoms with Crippen molar-refractivity contribution in [2.75, 3.05) is 0 Å². The smallest absolute Gasteiger partial charge is 0.288 e. The van der Waals surface area contributed by atoms with E-state index in [1.165, 1.54) is 18.2 Å². The zero-order valence-electron chi connectivity index (χ0n) is 10.5. The van der Waals surface area contributed by atoms with E-state index in [0.29, 0.717) is 21.5 Å². The van der Waals surface area contributed by atoms with E-state index >= 15 is 0 Å². The zero-order valence-corrected chi connectivity index (χ0v) is 12.8. The third-order valence-electron chi connectivity index (χ3n) is 2.59. The Balaban J connectivity index is 2.28. The second-order valence-electron chi connectivity index (χ2n) is 4.03. The van der Waals surface area contributed by atoms with Gasteiger partial charge in [0, 0.05) is 17.7 Å². The number of nitrogens with zero attached hydrogens (tertiary/aromatic N) is 1. The van der Waals surface area contributed by atoms with E-state index in [0.717, 1.165) is 0 Å². The molecule has 0 atom stereocenters. The Bertz CT molecular complexity index is 737. The van der Waals surface area contributed by atoms with Gasteiger partial charge in [-0.3, -0.25) is 15.5 Å². The summed E-state index contributed by atoms with van der Waals surface area (Å²) < 4.78 is 6.20. The van der Waals surface area contributed by atoms with Gasteiger partial charge in [-0.25, -0.2) is 0 Å². The van der Waals surface area contributed by atoms with Gasteiger partial charge in [0.15, 0.2) is 0 Å². The second-order valence-corrected chi connectivity index (χ2v) is 5.29. The van der Waals surface area contributed by atoms with Crippen LogP contribution in [0.3, 0.4) is 0 Å². The quantitative estimate of drug-likeness (QED) is 0.366. The van der Waals surface area contributed by atoms with Crippen LogP contribution < -0.4 is 10.5 Å². The summed E-state index contributed by atoms with van der Waals surface area (Å²) in [6.45, 7) is 0. The fourth-order valence-electron chi connectivity index (χ4n) is 1.58. The Morgan fingerprint density at radius 1 is 1.33 bits per heavy atom. The van der Waals surface area contributed by atoms with E-state index in [2.05, 4.69) is 15.9 Å². The minimum Gasteiger partial charge on any atom is -0.456 e. The maximum absolute atomic E-state index is 10.7. The van der Waals surface area contributed by atoms with Gasteiger partial charge in [-0.2, -0.15) is 0 Å². The van der Waals surface area contributed by atoms with Crippen molar-refractivity contribution in [3.63, 3.8) is 0 Å². The number of halogens is 2. The molecule has 0 saturated carbocycles. The predicted molar refractivity (Wildman–Crippen MR) is 83.3 cm³/mol. The number of nitrogens with one attached hydrogen (secondary N) is 1. The molecule has 0 bridgehead atoms. The summed E-state index contributed by atoms with van der Waals surface area (Å²) in [7, 11) is 0. The van der Waals surface area contributed by atoms with Crippen LogP contribution in [0.25, 0.3) is 0 Å². The van der Waals surface area contributed by atoms with E-state index < -0.39 is 4.92 Å². The van der Waals surface area contributed by atoms with Crippen LogP contribution in [0.15, 0.2) is 40.9 Å². The standard InChI is InChI=1S/C13H9BrClN3O3/c14-9-5-7(13(16)17)1-4-12(9)21-8-2-3-11(18(19)20)10(15)6-8/h1-6H,(H3,16,17). The number of nitrogens with two attached hydrogens (primary N) is 1. The minimum absolute atomic E-state index is 0.00558. The predicted octanol–water partition coefficient (Wildman–Crippen LogP) is 4.09. The molecule has 0 spiro atoms. The first-order valence-electron chi connectivity index (χ1n) is 5.64. The number of nitro benzene ring substituents is 1. The molecule has 0 aliphatic carbocycles. The van der Waals surface area contributed by atoms with E-state index in [1.807, 2.05) is 0 Å². The molecule has 0 heterocycles. The molecule has 2 aromatic carbocycles. The van der Waals surface area contributed by atoms with Crippen molar-refractivity contribution in [3.8, 4) is 11.5 Å². The lowest BCUT2D eigenvalue weighted by Crippen LogP contribution is -2.10. The van der Waals surface area contributed by atoms with E-state index in [9.17, 15) is 10.1 Å². The van der Waals surface area contributed by atoms with Gasteiger partial charge in [0.1, 0.15) is 22.4 Å². The summed E-state index contributed by atoms with van der Waals surface area (Å²) >= 11 is 9.13. The molecule has 0 aliphatic heterocycles.